The third kappa shape index (κ3) is 3.11. The Hall–Kier alpha value is -1.02. The van der Waals surface area contributed by atoms with Crippen LogP contribution in [0.25, 0.3) is 0 Å². The van der Waals surface area contributed by atoms with Gasteiger partial charge in [-0.3, -0.25) is 0 Å². The molecule has 0 saturated heterocycles. The fraction of sp³-hybridized carbons (Fsp3) is 0.647. The van der Waals surface area contributed by atoms with E-state index in [0.717, 1.165) is 25.2 Å². The second kappa shape index (κ2) is 5.54. The number of hydrogen-bond donors (Lipinski definition) is 1. The SMILES string of the molecule is CCC(C)(C)c1ccc2c(c1)C(NC(C)C)CCO2. The van der Waals surface area contributed by atoms with Gasteiger partial charge in [0.25, 0.3) is 0 Å². The highest BCUT2D eigenvalue weighted by Crippen LogP contribution is 2.37. The average molecular weight is 261 g/mol. The zero-order valence-electron chi connectivity index (χ0n) is 12.9. The van der Waals surface area contributed by atoms with Crippen LogP contribution in [0.4, 0.5) is 0 Å². The smallest absolute Gasteiger partial charge is 0.124 e. The Bertz CT molecular complexity index is 437. The molecule has 1 aromatic rings. The zero-order chi connectivity index (χ0) is 14.0. The fourth-order valence-electron chi connectivity index (χ4n) is 2.60. The number of rotatable bonds is 4. The molecule has 1 atom stereocenters. The van der Waals surface area contributed by atoms with Gasteiger partial charge in [-0.2, -0.15) is 0 Å². The summed E-state index contributed by atoms with van der Waals surface area (Å²) in [5.41, 5.74) is 2.98. The van der Waals surface area contributed by atoms with Crippen molar-refractivity contribution in [2.24, 2.45) is 0 Å². The van der Waals surface area contributed by atoms with Crippen molar-refractivity contribution in [2.45, 2.75) is 65.0 Å². The predicted molar refractivity (Wildman–Crippen MR) is 80.9 cm³/mol. The highest BCUT2D eigenvalue weighted by molar-refractivity contribution is 5.43. The molecule has 0 amide bonds. The van der Waals surface area contributed by atoms with Gasteiger partial charge >= 0.3 is 0 Å². The molecule has 1 unspecified atom stereocenters. The molecule has 0 spiro atoms. The third-order valence-electron chi connectivity index (χ3n) is 4.25. The molecular weight excluding hydrogens is 234 g/mol. The summed E-state index contributed by atoms with van der Waals surface area (Å²) < 4.78 is 5.80. The Labute approximate surface area is 117 Å². The Kier molecular flexibility index (Phi) is 4.19. The largest absolute Gasteiger partial charge is 0.493 e. The van der Waals surface area contributed by atoms with Gasteiger partial charge in [-0.25, -0.2) is 0 Å². The van der Waals surface area contributed by atoms with Crippen molar-refractivity contribution in [3.05, 3.63) is 29.3 Å². The minimum atomic E-state index is 0.231. The van der Waals surface area contributed by atoms with Gasteiger partial charge in [0.15, 0.2) is 0 Å². The first-order valence-corrected chi connectivity index (χ1v) is 7.47. The maximum Gasteiger partial charge on any atom is 0.124 e. The van der Waals surface area contributed by atoms with Crippen LogP contribution < -0.4 is 10.1 Å². The fourth-order valence-corrected chi connectivity index (χ4v) is 2.60. The molecule has 1 aliphatic heterocycles. The van der Waals surface area contributed by atoms with E-state index in [9.17, 15) is 0 Å². The van der Waals surface area contributed by atoms with Crippen LogP contribution in [0.5, 0.6) is 5.75 Å². The van der Waals surface area contributed by atoms with E-state index in [1.165, 1.54) is 11.1 Å². The second-order valence-corrected chi connectivity index (χ2v) is 6.50. The van der Waals surface area contributed by atoms with Crippen molar-refractivity contribution in [1.82, 2.24) is 5.32 Å². The van der Waals surface area contributed by atoms with E-state index >= 15 is 0 Å². The molecule has 2 rings (SSSR count). The lowest BCUT2D eigenvalue weighted by Crippen LogP contribution is -2.32. The van der Waals surface area contributed by atoms with Gasteiger partial charge < -0.3 is 10.1 Å². The first-order valence-electron chi connectivity index (χ1n) is 7.47. The summed E-state index contributed by atoms with van der Waals surface area (Å²) in [6.07, 6.45) is 2.20. The number of fused-ring (bicyclic) bond motifs is 1. The predicted octanol–water partition coefficient (Wildman–Crippen LogP) is 4.20. The summed E-state index contributed by atoms with van der Waals surface area (Å²) >= 11 is 0. The Morgan fingerprint density at radius 3 is 2.74 bits per heavy atom. The quantitative estimate of drug-likeness (QED) is 0.877. The van der Waals surface area contributed by atoms with Crippen molar-refractivity contribution in [2.75, 3.05) is 6.61 Å². The van der Waals surface area contributed by atoms with Crippen molar-refractivity contribution in [3.8, 4) is 5.75 Å². The molecule has 2 heteroatoms. The van der Waals surface area contributed by atoms with Crippen LogP contribution in [-0.2, 0) is 5.41 Å². The van der Waals surface area contributed by atoms with E-state index in [0.29, 0.717) is 12.1 Å². The summed E-state index contributed by atoms with van der Waals surface area (Å²) in [4.78, 5) is 0. The van der Waals surface area contributed by atoms with Crippen LogP contribution in [0, 0.1) is 0 Å². The third-order valence-corrected chi connectivity index (χ3v) is 4.25. The van der Waals surface area contributed by atoms with Crippen LogP contribution in [0.2, 0.25) is 0 Å². The van der Waals surface area contributed by atoms with E-state index in [-0.39, 0.29) is 5.41 Å². The first-order chi connectivity index (χ1) is 8.94. The molecule has 0 bridgehead atoms. The van der Waals surface area contributed by atoms with Gasteiger partial charge in [-0.15, -0.1) is 0 Å². The van der Waals surface area contributed by atoms with Gasteiger partial charge in [0.2, 0.25) is 0 Å². The number of hydrogen-bond acceptors (Lipinski definition) is 2. The standard InChI is InChI=1S/C17H27NO/c1-6-17(4,5)13-7-8-16-14(11-13)15(9-10-19-16)18-12(2)3/h7-8,11-12,15,18H,6,9-10H2,1-5H3. The summed E-state index contributed by atoms with van der Waals surface area (Å²) in [6.45, 7) is 12.1. The first kappa shape index (κ1) is 14.4. The van der Waals surface area contributed by atoms with Crippen molar-refractivity contribution < 1.29 is 4.74 Å². The van der Waals surface area contributed by atoms with Gasteiger partial charge in [0.05, 0.1) is 6.61 Å². The van der Waals surface area contributed by atoms with Gasteiger partial charge in [-0.05, 0) is 29.5 Å². The molecule has 0 saturated carbocycles. The normalized spacial score (nSPS) is 19.2. The van der Waals surface area contributed by atoms with Crippen molar-refractivity contribution >= 4 is 0 Å². The van der Waals surface area contributed by atoms with Crippen LogP contribution in [0.1, 0.15) is 64.6 Å². The van der Waals surface area contributed by atoms with Crippen LogP contribution in [0.3, 0.4) is 0 Å². The molecule has 0 aromatic heterocycles. The van der Waals surface area contributed by atoms with Crippen LogP contribution >= 0.6 is 0 Å². The molecule has 0 aliphatic carbocycles. The summed E-state index contributed by atoms with van der Waals surface area (Å²) in [5.74, 6) is 1.06. The van der Waals surface area contributed by atoms with Crippen LogP contribution in [-0.4, -0.2) is 12.6 Å². The molecule has 2 nitrogen and oxygen atoms in total. The molecule has 1 aliphatic rings. The van der Waals surface area contributed by atoms with Gasteiger partial charge in [-0.1, -0.05) is 40.7 Å². The summed E-state index contributed by atoms with van der Waals surface area (Å²) in [5, 5.41) is 3.65. The van der Waals surface area contributed by atoms with E-state index in [4.69, 9.17) is 4.74 Å². The van der Waals surface area contributed by atoms with Crippen molar-refractivity contribution in [3.63, 3.8) is 0 Å². The number of nitrogens with one attached hydrogen (secondary N) is 1. The maximum atomic E-state index is 5.80. The summed E-state index contributed by atoms with van der Waals surface area (Å²) in [7, 11) is 0. The monoisotopic (exact) mass is 261 g/mol. The molecule has 0 fully saturated rings. The van der Waals surface area contributed by atoms with E-state index in [1.54, 1.807) is 0 Å². The number of ether oxygens (including phenoxy) is 1. The molecule has 106 valence electrons. The highest BCUT2D eigenvalue weighted by Gasteiger charge is 2.25. The average Bonchev–Trinajstić information content (AvgIpc) is 2.38. The lowest BCUT2D eigenvalue weighted by molar-refractivity contribution is 0.247. The molecule has 1 N–H and O–H groups in total. The van der Waals surface area contributed by atoms with Crippen LogP contribution in [0.15, 0.2) is 18.2 Å². The maximum absolute atomic E-state index is 5.80. The molecular formula is C17H27NO. The van der Waals surface area contributed by atoms with Gasteiger partial charge in [0.1, 0.15) is 5.75 Å². The Balaban J connectivity index is 2.35. The number of benzene rings is 1. The lowest BCUT2D eigenvalue weighted by Gasteiger charge is -2.31. The minimum Gasteiger partial charge on any atom is -0.493 e. The molecule has 19 heavy (non-hydrogen) atoms. The minimum absolute atomic E-state index is 0.231. The van der Waals surface area contributed by atoms with Crippen molar-refractivity contribution in [1.29, 1.82) is 0 Å². The van der Waals surface area contributed by atoms with E-state index < -0.39 is 0 Å². The Morgan fingerprint density at radius 2 is 2.11 bits per heavy atom. The second-order valence-electron chi connectivity index (χ2n) is 6.50. The lowest BCUT2D eigenvalue weighted by atomic mass is 9.80. The van der Waals surface area contributed by atoms with E-state index in [1.807, 2.05) is 0 Å². The Morgan fingerprint density at radius 1 is 1.37 bits per heavy atom. The molecule has 1 heterocycles. The molecule has 1 aromatic carbocycles. The van der Waals surface area contributed by atoms with E-state index in [2.05, 4.69) is 58.1 Å². The van der Waals surface area contributed by atoms with Gasteiger partial charge in [0, 0.05) is 24.1 Å². The topological polar surface area (TPSA) is 21.3 Å². The zero-order valence-corrected chi connectivity index (χ0v) is 12.9. The highest BCUT2D eigenvalue weighted by atomic mass is 16.5. The molecule has 0 radical (unpaired) electrons. The summed E-state index contributed by atoms with van der Waals surface area (Å²) in [6, 6.07) is 7.64.